The molecule has 34 heavy (non-hydrogen) atoms. The second-order valence-corrected chi connectivity index (χ2v) is 8.77. The molecular formula is C22H27F2N7O3. The van der Waals surface area contributed by atoms with E-state index in [1.165, 1.54) is 4.90 Å². The minimum absolute atomic E-state index is 0.0106. The van der Waals surface area contributed by atoms with Crippen LogP contribution in [0.4, 0.5) is 19.3 Å². The van der Waals surface area contributed by atoms with Crippen molar-refractivity contribution in [3.8, 4) is 5.75 Å². The molecule has 1 aromatic rings. The predicted octanol–water partition coefficient (Wildman–Crippen LogP) is 1.17. The second-order valence-electron chi connectivity index (χ2n) is 8.77. The van der Waals surface area contributed by atoms with Gasteiger partial charge in [-0.1, -0.05) is 0 Å². The lowest BCUT2D eigenvalue weighted by atomic mass is 10.2. The first-order valence-electron chi connectivity index (χ1n) is 11.4. The van der Waals surface area contributed by atoms with Crippen molar-refractivity contribution >= 4 is 23.6 Å². The van der Waals surface area contributed by atoms with E-state index in [0.717, 1.165) is 25.0 Å². The predicted molar refractivity (Wildman–Crippen MR) is 120 cm³/mol. The summed E-state index contributed by atoms with van der Waals surface area (Å²) >= 11 is 0. The molecule has 0 bridgehead atoms. The van der Waals surface area contributed by atoms with Crippen molar-refractivity contribution in [3.63, 3.8) is 0 Å². The van der Waals surface area contributed by atoms with Crippen LogP contribution in [-0.4, -0.2) is 97.1 Å². The van der Waals surface area contributed by atoms with Crippen LogP contribution >= 0.6 is 0 Å². The molecule has 182 valence electrons. The number of nitrogens with one attached hydrogen (secondary N) is 1. The smallest absolute Gasteiger partial charge is 0.331 e. The molecule has 4 heterocycles. The summed E-state index contributed by atoms with van der Waals surface area (Å²) in [5.74, 6) is -0.664. The van der Waals surface area contributed by atoms with Crippen LogP contribution in [0.2, 0.25) is 0 Å². The van der Waals surface area contributed by atoms with Crippen molar-refractivity contribution in [2.24, 2.45) is 4.99 Å². The molecule has 0 unspecified atom stereocenters. The van der Waals surface area contributed by atoms with E-state index in [0.29, 0.717) is 57.7 Å². The van der Waals surface area contributed by atoms with Gasteiger partial charge in [-0.25, -0.2) is 13.6 Å². The zero-order valence-corrected chi connectivity index (χ0v) is 19.0. The maximum Gasteiger partial charge on any atom is 0.331 e. The molecule has 1 N–H and O–H groups in total. The summed E-state index contributed by atoms with van der Waals surface area (Å²) < 4.78 is 35.0. The highest BCUT2D eigenvalue weighted by molar-refractivity contribution is 5.99. The Labute approximate surface area is 196 Å². The van der Waals surface area contributed by atoms with Crippen molar-refractivity contribution < 1.29 is 23.1 Å². The molecule has 2 fully saturated rings. The highest BCUT2D eigenvalue weighted by atomic mass is 19.1. The van der Waals surface area contributed by atoms with Gasteiger partial charge in [0.05, 0.1) is 0 Å². The number of hydrogen-bond acceptors (Lipinski definition) is 7. The van der Waals surface area contributed by atoms with Crippen molar-refractivity contribution in [1.29, 1.82) is 0 Å². The minimum Gasteiger partial charge on any atom is -0.484 e. The summed E-state index contributed by atoms with van der Waals surface area (Å²) in [5, 5.41) is 2.79. The zero-order chi connectivity index (χ0) is 23.8. The highest BCUT2D eigenvalue weighted by Crippen LogP contribution is 2.29. The fourth-order valence-electron chi connectivity index (χ4n) is 4.58. The Kier molecular flexibility index (Phi) is 5.88. The van der Waals surface area contributed by atoms with Crippen molar-refractivity contribution in [2.75, 3.05) is 64.5 Å². The number of halogens is 2. The summed E-state index contributed by atoms with van der Waals surface area (Å²) in [6, 6.07) is 1.98. The Hall–Kier alpha value is -3.57. The molecule has 0 saturated carbocycles. The Bertz CT molecular complexity index is 1030. The van der Waals surface area contributed by atoms with E-state index < -0.39 is 11.6 Å². The van der Waals surface area contributed by atoms with Crippen LogP contribution in [0.25, 0.3) is 0 Å². The third kappa shape index (κ3) is 4.31. The standard InChI is InChI=1S/C22H27F2N7O3/c1-27-12-18-25-21(26-22(33)31(18)14-27)30-8-6-29(7-9-30)20-16(23)10-15(11-17(20)24)34-13-19(32)28-4-2-3-5-28/h10-12H,2-9,13-14H2,1H3,(H,25,26,33). The number of urea groups is 1. The lowest BCUT2D eigenvalue weighted by Gasteiger charge is -2.39. The number of guanidine groups is 1. The van der Waals surface area contributed by atoms with Crippen molar-refractivity contribution in [3.05, 3.63) is 35.8 Å². The molecule has 1 aromatic carbocycles. The maximum absolute atomic E-state index is 14.8. The summed E-state index contributed by atoms with van der Waals surface area (Å²) in [5.41, 5.74) is -0.126. The first kappa shape index (κ1) is 22.2. The van der Waals surface area contributed by atoms with Gasteiger partial charge in [0, 0.05) is 64.6 Å². The molecule has 0 aromatic heterocycles. The van der Waals surface area contributed by atoms with Gasteiger partial charge >= 0.3 is 6.03 Å². The number of likely N-dealkylation sites (tertiary alicyclic amines) is 1. The number of carbonyl (C=O) groups excluding carboxylic acids is 2. The van der Waals surface area contributed by atoms with Crippen LogP contribution in [-0.2, 0) is 4.79 Å². The summed E-state index contributed by atoms with van der Waals surface area (Å²) in [7, 11) is 1.86. The monoisotopic (exact) mass is 475 g/mol. The number of carbonyl (C=O) groups is 2. The fourth-order valence-corrected chi connectivity index (χ4v) is 4.58. The van der Waals surface area contributed by atoms with Crippen LogP contribution in [0, 0.1) is 11.6 Å². The number of nitrogens with zero attached hydrogens (tertiary/aromatic N) is 6. The van der Waals surface area contributed by atoms with E-state index >= 15 is 0 Å². The highest BCUT2D eigenvalue weighted by Gasteiger charge is 2.33. The largest absolute Gasteiger partial charge is 0.484 e. The Morgan fingerprint density at radius 3 is 2.38 bits per heavy atom. The Morgan fingerprint density at radius 1 is 1.06 bits per heavy atom. The van der Waals surface area contributed by atoms with Gasteiger partial charge < -0.3 is 24.3 Å². The van der Waals surface area contributed by atoms with Gasteiger partial charge in [-0.15, -0.1) is 0 Å². The molecule has 2 saturated heterocycles. The van der Waals surface area contributed by atoms with E-state index in [2.05, 4.69) is 10.3 Å². The number of benzene rings is 1. The Balaban J connectivity index is 1.21. The zero-order valence-electron chi connectivity index (χ0n) is 19.0. The molecule has 12 heteroatoms. The average Bonchev–Trinajstić information content (AvgIpc) is 3.47. The van der Waals surface area contributed by atoms with Crippen LogP contribution < -0.4 is 15.0 Å². The molecule has 10 nitrogen and oxygen atoms in total. The van der Waals surface area contributed by atoms with Gasteiger partial charge in [-0.05, 0) is 12.8 Å². The van der Waals surface area contributed by atoms with Crippen LogP contribution in [0.3, 0.4) is 0 Å². The topological polar surface area (TPSA) is 84.0 Å². The van der Waals surface area contributed by atoms with E-state index in [9.17, 15) is 18.4 Å². The van der Waals surface area contributed by atoms with Gasteiger partial charge in [0.25, 0.3) is 5.91 Å². The summed E-state index contributed by atoms with van der Waals surface area (Å²) in [6.45, 7) is 3.15. The van der Waals surface area contributed by atoms with Crippen LogP contribution in [0.1, 0.15) is 12.8 Å². The fraction of sp³-hybridized carbons (Fsp3) is 0.500. The van der Waals surface area contributed by atoms with Gasteiger partial charge in [0.1, 0.15) is 18.1 Å². The number of fused-ring (bicyclic) bond motifs is 1. The molecule has 0 radical (unpaired) electrons. The number of piperazine rings is 1. The molecule has 4 aliphatic heterocycles. The normalized spacial score (nSPS) is 20.3. The number of ether oxygens (including phenoxy) is 1. The average molecular weight is 476 g/mol. The summed E-state index contributed by atoms with van der Waals surface area (Å²) in [4.78, 5) is 37.6. The molecular weight excluding hydrogens is 448 g/mol. The maximum atomic E-state index is 14.8. The van der Waals surface area contributed by atoms with Crippen LogP contribution in [0.15, 0.2) is 29.1 Å². The van der Waals surface area contributed by atoms with Crippen LogP contribution in [0.5, 0.6) is 5.75 Å². The van der Waals surface area contributed by atoms with E-state index in [4.69, 9.17) is 4.74 Å². The van der Waals surface area contributed by atoms with Crippen molar-refractivity contribution in [1.82, 2.24) is 24.9 Å². The summed E-state index contributed by atoms with van der Waals surface area (Å²) in [6.07, 6.45) is 3.72. The first-order chi connectivity index (χ1) is 16.4. The molecule has 5 rings (SSSR count). The van der Waals surface area contributed by atoms with E-state index in [1.54, 1.807) is 16.0 Å². The third-order valence-electron chi connectivity index (χ3n) is 6.37. The molecule has 4 aliphatic rings. The van der Waals surface area contributed by atoms with Gasteiger partial charge in [-0.2, -0.15) is 4.99 Å². The molecule has 0 spiro atoms. The van der Waals surface area contributed by atoms with Gasteiger partial charge in [-0.3, -0.25) is 15.0 Å². The van der Waals surface area contributed by atoms with E-state index in [1.807, 2.05) is 16.8 Å². The minimum atomic E-state index is -0.741. The van der Waals surface area contributed by atoms with E-state index in [-0.39, 0.29) is 30.0 Å². The lowest BCUT2D eigenvalue weighted by Crippen LogP contribution is -2.57. The van der Waals surface area contributed by atoms with Gasteiger partial charge in [0.15, 0.2) is 24.1 Å². The quantitative estimate of drug-likeness (QED) is 0.704. The molecule has 0 atom stereocenters. The Morgan fingerprint density at radius 2 is 1.71 bits per heavy atom. The number of hydrogen-bond donors (Lipinski definition) is 1. The third-order valence-corrected chi connectivity index (χ3v) is 6.37. The number of amides is 3. The first-order valence-corrected chi connectivity index (χ1v) is 11.4. The van der Waals surface area contributed by atoms with Gasteiger partial charge in [0.2, 0.25) is 5.96 Å². The SMILES string of the molecule is CN1C=C2N=C(N3CCN(c4c(F)cc(OCC(=O)N5CCCC5)cc4F)CC3)NC(=O)N2C1. The molecule has 3 amide bonds. The van der Waals surface area contributed by atoms with Crippen molar-refractivity contribution in [2.45, 2.75) is 12.8 Å². The molecule has 0 aliphatic carbocycles. The number of rotatable bonds is 4. The lowest BCUT2D eigenvalue weighted by molar-refractivity contribution is -0.132. The second kappa shape index (κ2) is 8.99. The number of aliphatic imine (C=N–C) groups is 1. The number of anilines is 1.